The van der Waals surface area contributed by atoms with Crippen LogP contribution in [0.4, 0.5) is 0 Å². The standard InChI is InChI=1S/C30H30O4/c1-31-28-19-25(12-8-21-7-11-23-5-3-4-6-24(23)17-21)26(20-29(28)32-2)13-9-22-10-14-27-30(18-22)34-16-15-33-27/h3-7,10-11,14,17-20H,8-9,12-13,15-16H2,1-2H3. The predicted octanol–water partition coefficient (Wildman–Crippen LogP) is 6.20. The molecule has 4 aromatic rings. The normalized spacial score (nSPS) is 12.5. The fourth-order valence-electron chi connectivity index (χ4n) is 4.62. The summed E-state index contributed by atoms with van der Waals surface area (Å²) in [5.41, 5.74) is 5.16. The van der Waals surface area contributed by atoms with Crippen molar-refractivity contribution in [3.63, 3.8) is 0 Å². The molecule has 1 aliphatic heterocycles. The second-order valence-corrected chi connectivity index (χ2v) is 8.64. The summed E-state index contributed by atoms with van der Waals surface area (Å²) in [7, 11) is 3.39. The molecule has 0 aliphatic carbocycles. The van der Waals surface area contributed by atoms with Gasteiger partial charge in [-0.05, 0) is 83.0 Å². The van der Waals surface area contributed by atoms with Gasteiger partial charge in [0.05, 0.1) is 14.2 Å². The van der Waals surface area contributed by atoms with E-state index in [1.54, 1.807) is 14.2 Å². The van der Waals surface area contributed by atoms with Crippen LogP contribution in [0.1, 0.15) is 22.3 Å². The Morgan fingerprint density at radius 1 is 0.588 bits per heavy atom. The van der Waals surface area contributed by atoms with E-state index in [2.05, 4.69) is 66.7 Å². The second-order valence-electron chi connectivity index (χ2n) is 8.64. The number of ether oxygens (including phenoxy) is 4. The Kier molecular flexibility index (Phi) is 6.57. The van der Waals surface area contributed by atoms with E-state index >= 15 is 0 Å². The molecule has 0 bridgehead atoms. The van der Waals surface area contributed by atoms with Crippen molar-refractivity contribution in [1.82, 2.24) is 0 Å². The minimum Gasteiger partial charge on any atom is -0.493 e. The fourth-order valence-corrected chi connectivity index (χ4v) is 4.62. The molecule has 34 heavy (non-hydrogen) atoms. The van der Waals surface area contributed by atoms with Crippen LogP contribution in [0, 0.1) is 0 Å². The highest BCUT2D eigenvalue weighted by atomic mass is 16.6. The lowest BCUT2D eigenvalue weighted by Crippen LogP contribution is -2.15. The van der Waals surface area contributed by atoms with Crippen molar-refractivity contribution in [2.75, 3.05) is 27.4 Å². The maximum absolute atomic E-state index is 5.76. The first-order valence-electron chi connectivity index (χ1n) is 11.8. The molecule has 0 spiro atoms. The van der Waals surface area contributed by atoms with Crippen LogP contribution < -0.4 is 18.9 Å². The van der Waals surface area contributed by atoms with Crippen LogP contribution in [0.5, 0.6) is 23.0 Å². The quantitative estimate of drug-likeness (QED) is 0.318. The number of hydrogen-bond donors (Lipinski definition) is 0. The molecule has 4 nitrogen and oxygen atoms in total. The molecule has 0 N–H and O–H groups in total. The van der Waals surface area contributed by atoms with Crippen LogP contribution in [0.3, 0.4) is 0 Å². The third kappa shape index (κ3) is 4.81. The average molecular weight is 455 g/mol. The van der Waals surface area contributed by atoms with Gasteiger partial charge in [0.25, 0.3) is 0 Å². The third-order valence-corrected chi connectivity index (χ3v) is 6.49. The topological polar surface area (TPSA) is 36.9 Å². The van der Waals surface area contributed by atoms with E-state index in [4.69, 9.17) is 18.9 Å². The smallest absolute Gasteiger partial charge is 0.161 e. The number of aryl methyl sites for hydroxylation is 4. The summed E-state index contributed by atoms with van der Waals surface area (Å²) in [6.07, 6.45) is 3.73. The zero-order chi connectivity index (χ0) is 23.3. The van der Waals surface area contributed by atoms with E-state index in [-0.39, 0.29) is 0 Å². The van der Waals surface area contributed by atoms with Crippen molar-refractivity contribution in [1.29, 1.82) is 0 Å². The number of hydrogen-bond acceptors (Lipinski definition) is 4. The van der Waals surface area contributed by atoms with Crippen LogP contribution in [0.25, 0.3) is 10.8 Å². The van der Waals surface area contributed by atoms with Crippen molar-refractivity contribution in [2.24, 2.45) is 0 Å². The van der Waals surface area contributed by atoms with Gasteiger partial charge in [0, 0.05) is 0 Å². The number of rotatable bonds is 8. The van der Waals surface area contributed by atoms with Crippen LogP contribution in [0.2, 0.25) is 0 Å². The SMILES string of the molecule is COc1cc(CCc2ccc3c(c2)OCCO3)c(CCc2ccc3ccccc3c2)cc1OC. The van der Waals surface area contributed by atoms with Crippen molar-refractivity contribution in [2.45, 2.75) is 25.7 Å². The molecule has 0 radical (unpaired) electrons. The zero-order valence-corrected chi connectivity index (χ0v) is 19.8. The van der Waals surface area contributed by atoms with Gasteiger partial charge < -0.3 is 18.9 Å². The largest absolute Gasteiger partial charge is 0.493 e. The molecule has 4 heteroatoms. The summed E-state index contributed by atoms with van der Waals surface area (Å²) in [4.78, 5) is 0. The number of methoxy groups -OCH3 is 2. The minimum absolute atomic E-state index is 0.602. The Morgan fingerprint density at radius 2 is 1.18 bits per heavy atom. The highest BCUT2D eigenvalue weighted by Crippen LogP contribution is 2.34. The van der Waals surface area contributed by atoms with Gasteiger partial charge in [0.15, 0.2) is 23.0 Å². The van der Waals surface area contributed by atoms with Crippen LogP contribution >= 0.6 is 0 Å². The fraction of sp³-hybridized carbons (Fsp3) is 0.267. The molecule has 0 aromatic heterocycles. The molecule has 0 atom stereocenters. The molecule has 174 valence electrons. The lowest BCUT2D eigenvalue weighted by Gasteiger charge is -2.19. The van der Waals surface area contributed by atoms with Crippen molar-refractivity contribution in [3.8, 4) is 23.0 Å². The molecule has 4 aromatic carbocycles. The van der Waals surface area contributed by atoms with E-state index < -0.39 is 0 Å². The maximum Gasteiger partial charge on any atom is 0.161 e. The number of fused-ring (bicyclic) bond motifs is 2. The highest BCUT2D eigenvalue weighted by molar-refractivity contribution is 5.83. The first kappa shape index (κ1) is 22.1. The van der Waals surface area contributed by atoms with Crippen LogP contribution in [-0.2, 0) is 25.7 Å². The van der Waals surface area contributed by atoms with E-state index in [1.807, 2.05) is 6.07 Å². The van der Waals surface area contributed by atoms with E-state index in [0.29, 0.717) is 13.2 Å². The van der Waals surface area contributed by atoms with Crippen molar-refractivity contribution in [3.05, 3.63) is 95.1 Å². The Balaban J connectivity index is 1.37. The van der Waals surface area contributed by atoms with Gasteiger partial charge in [-0.1, -0.05) is 48.5 Å². The van der Waals surface area contributed by atoms with E-state index in [1.165, 1.54) is 33.0 Å². The first-order chi connectivity index (χ1) is 16.7. The monoisotopic (exact) mass is 454 g/mol. The molecule has 0 amide bonds. The van der Waals surface area contributed by atoms with Gasteiger partial charge in [-0.25, -0.2) is 0 Å². The van der Waals surface area contributed by atoms with Gasteiger partial charge in [-0.15, -0.1) is 0 Å². The van der Waals surface area contributed by atoms with Gasteiger partial charge in [0.1, 0.15) is 13.2 Å². The molecular formula is C30H30O4. The summed E-state index contributed by atoms with van der Waals surface area (Å²) in [6, 6.07) is 25.8. The molecule has 0 saturated heterocycles. The molecular weight excluding hydrogens is 424 g/mol. The lowest BCUT2D eigenvalue weighted by atomic mass is 9.94. The Labute approximate surface area is 201 Å². The Hall–Kier alpha value is -3.66. The zero-order valence-electron chi connectivity index (χ0n) is 19.8. The summed E-state index contributed by atoms with van der Waals surface area (Å²) in [5.74, 6) is 3.22. The van der Waals surface area contributed by atoms with Crippen LogP contribution in [0.15, 0.2) is 72.8 Å². The van der Waals surface area contributed by atoms with Gasteiger partial charge in [0.2, 0.25) is 0 Å². The van der Waals surface area contributed by atoms with Gasteiger partial charge >= 0.3 is 0 Å². The lowest BCUT2D eigenvalue weighted by molar-refractivity contribution is 0.171. The second kappa shape index (κ2) is 10.1. The Bertz CT molecular complexity index is 1290. The van der Waals surface area contributed by atoms with Crippen molar-refractivity contribution >= 4 is 10.8 Å². The van der Waals surface area contributed by atoms with Gasteiger partial charge in [-0.3, -0.25) is 0 Å². The Morgan fingerprint density at radius 3 is 1.85 bits per heavy atom. The first-order valence-corrected chi connectivity index (χ1v) is 11.8. The number of benzene rings is 4. The summed E-state index contributed by atoms with van der Waals surface area (Å²) < 4.78 is 22.6. The predicted molar refractivity (Wildman–Crippen MR) is 136 cm³/mol. The van der Waals surface area contributed by atoms with Crippen LogP contribution in [-0.4, -0.2) is 27.4 Å². The average Bonchev–Trinajstić information content (AvgIpc) is 2.90. The molecule has 0 saturated carbocycles. The summed E-state index contributed by atoms with van der Waals surface area (Å²) >= 11 is 0. The summed E-state index contributed by atoms with van der Waals surface area (Å²) in [6.45, 7) is 1.21. The maximum atomic E-state index is 5.76. The summed E-state index contributed by atoms with van der Waals surface area (Å²) in [5, 5.41) is 2.56. The molecule has 1 aliphatic rings. The van der Waals surface area contributed by atoms with E-state index in [9.17, 15) is 0 Å². The van der Waals surface area contributed by atoms with Gasteiger partial charge in [-0.2, -0.15) is 0 Å². The minimum atomic E-state index is 0.602. The van der Waals surface area contributed by atoms with E-state index in [0.717, 1.165) is 48.7 Å². The molecule has 0 unspecified atom stereocenters. The molecule has 1 heterocycles. The highest BCUT2D eigenvalue weighted by Gasteiger charge is 2.14. The molecule has 0 fully saturated rings. The molecule has 5 rings (SSSR count). The van der Waals surface area contributed by atoms with Crippen molar-refractivity contribution < 1.29 is 18.9 Å². The third-order valence-electron chi connectivity index (χ3n) is 6.49.